The van der Waals surface area contributed by atoms with Gasteiger partial charge in [-0.2, -0.15) is 4.98 Å². The summed E-state index contributed by atoms with van der Waals surface area (Å²) in [5.74, 6) is 0. The maximum atomic E-state index is 12.9. The van der Waals surface area contributed by atoms with E-state index in [9.17, 15) is 4.79 Å². The van der Waals surface area contributed by atoms with Gasteiger partial charge in [0.15, 0.2) is 0 Å². The molecule has 0 saturated carbocycles. The predicted octanol–water partition coefficient (Wildman–Crippen LogP) is 3.37. The Kier molecular flexibility index (Phi) is 3.63. The zero-order valence-corrected chi connectivity index (χ0v) is 15.7. The van der Waals surface area contributed by atoms with E-state index in [0.29, 0.717) is 11.2 Å². The van der Waals surface area contributed by atoms with Gasteiger partial charge in [0, 0.05) is 37.3 Å². The van der Waals surface area contributed by atoms with Gasteiger partial charge in [-0.05, 0) is 35.4 Å². The fourth-order valence-electron chi connectivity index (χ4n) is 3.43. The van der Waals surface area contributed by atoms with Crippen LogP contribution in [-0.4, -0.2) is 32.2 Å². The van der Waals surface area contributed by atoms with Gasteiger partial charge >= 0.3 is 0 Å². The van der Waals surface area contributed by atoms with Crippen molar-refractivity contribution in [2.75, 3.05) is 7.05 Å². The van der Waals surface area contributed by atoms with Crippen molar-refractivity contribution in [3.8, 4) is 0 Å². The Balaban J connectivity index is 2.18. The molecule has 7 heteroatoms. The minimum Gasteiger partial charge on any atom is -0.308 e. The molecule has 4 aromatic rings. The van der Waals surface area contributed by atoms with Gasteiger partial charge in [-0.15, -0.1) is 0 Å². The monoisotopic (exact) mass is 367 g/mol. The van der Waals surface area contributed by atoms with E-state index in [1.165, 1.54) is 0 Å². The first-order valence-corrected chi connectivity index (χ1v) is 8.61. The van der Waals surface area contributed by atoms with Gasteiger partial charge in [0.25, 0.3) is 5.56 Å². The minimum atomic E-state index is -0.238. The standard InChI is InChI=1S/C19H18ClN5O/c1-19(2,10-21-3)12-5-6-13-14(8-12)24(4)17(26)15-7-11-9-22-18(20)23-16(11)25(13)15/h5-10H,1-4H3. The third-order valence-corrected chi connectivity index (χ3v) is 4.99. The van der Waals surface area contributed by atoms with Gasteiger partial charge in [-0.1, -0.05) is 19.9 Å². The van der Waals surface area contributed by atoms with Crippen LogP contribution >= 0.6 is 11.6 Å². The number of hydrogen-bond donors (Lipinski definition) is 0. The number of hydrogen-bond acceptors (Lipinski definition) is 4. The summed E-state index contributed by atoms with van der Waals surface area (Å²) < 4.78 is 3.52. The van der Waals surface area contributed by atoms with Crippen LogP contribution in [-0.2, 0) is 12.5 Å². The molecule has 0 unspecified atom stereocenters. The predicted molar refractivity (Wildman–Crippen MR) is 106 cm³/mol. The van der Waals surface area contributed by atoms with E-state index in [4.69, 9.17) is 11.6 Å². The van der Waals surface area contributed by atoms with E-state index >= 15 is 0 Å². The van der Waals surface area contributed by atoms with Crippen molar-refractivity contribution in [2.24, 2.45) is 12.0 Å². The fraction of sp³-hybridized carbons (Fsp3) is 0.263. The van der Waals surface area contributed by atoms with E-state index in [2.05, 4.69) is 34.9 Å². The SMILES string of the molecule is CN=CC(C)(C)c1ccc2c(c1)n(C)c(=O)c1cc3cnc(Cl)nc3n12. The molecule has 3 heterocycles. The van der Waals surface area contributed by atoms with Crippen molar-refractivity contribution in [1.82, 2.24) is 18.9 Å². The van der Waals surface area contributed by atoms with Crippen LogP contribution in [0.3, 0.4) is 0 Å². The molecule has 0 N–H and O–H groups in total. The molecular weight excluding hydrogens is 350 g/mol. The molecule has 6 nitrogen and oxygen atoms in total. The summed E-state index contributed by atoms with van der Waals surface area (Å²) in [6.45, 7) is 4.19. The third kappa shape index (κ3) is 2.33. The van der Waals surface area contributed by atoms with Crippen LogP contribution in [0.2, 0.25) is 5.28 Å². The van der Waals surface area contributed by atoms with Gasteiger partial charge in [-0.3, -0.25) is 14.2 Å². The molecule has 3 aromatic heterocycles. The van der Waals surface area contributed by atoms with E-state index in [0.717, 1.165) is 22.0 Å². The first-order valence-electron chi connectivity index (χ1n) is 8.24. The molecule has 1 aromatic carbocycles. The van der Waals surface area contributed by atoms with Crippen LogP contribution in [0.15, 0.2) is 40.2 Å². The molecule has 0 saturated heterocycles. The van der Waals surface area contributed by atoms with Gasteiger partial charge in [0.2, 0.25) is 5.28 Å². The van der Waals surface area contributed by atoms with Crippen molar-refractivity contribution in [3.63, 3.8) is 0 Å². The number of aliphatic imine (C=N–C) groups is 1. The first-order chi connectivity index (χ1) is 12.3. The summed E-state index contributed by atoms with van der Waals surface area (Å²) in [5, 5.41) is 0.935. The lowest BCUT2D eigenvalue weighted by Gasteiger charge is -2.21. The Labute approximate surface area is 154 Å². The second-order valence-electron chi connectivity index (χ2n) is 6.96. The second kappa shape index (κ2) is 5.64. The highest BCUT2D eigenvalue weighted by atomic mass is 35.5. The fourth-order valence-corrected chi connectivity index (χ4v) is 3.56. The zero-order chi connectivity index (χ0) is 18.6. The number of benzene rings is 1. The van der Waals surface area contributed by atoms with Gasteiger partial charge in [-0.25, -0.2) is 4.98 Å². The maximum Gasteiger partial charge on any atom is 0.275 e. The lowest BCUT2D eigenvalue weighted by molar-refractivity contribution is 0.733. The number of halogens is 1. The molecule has 26 heavy (non-hydrogen) atoms. The van der Waals surface area contributed by atoms with Crippen LogP contribution < -0.4 is 5.56 Å². The van der Waals surface area contributed by atoms with E-state index in [-0.39, 0.29) is 16.3 Å². The average molecular weight is 368 g/mol. The molecule has 4 rings (SSSR count). The summed E-state index contributed by atoms with van der Waals surface area (Å²) in [6.07, 6.45) is 3.54. The summed E-state index contributed by atoms with van der Waals surface area (Å²) in [6, 6.07) is 7.90. The maximum absolute atomic E-state index is 12.9. The van der Waals surface area contributed by atoms with Crippen molar-refractivity contribution in [2.45, 2.75) is 19.3 Å². The van der Waals surface area contributed by atoms with E-state index in [1.54, 1.807) is 30.9 Å². The van der Waals surface area contributed by atoms with Crippen LogP contribution in [0.4, 0.5) is 0 Å². The van der Waals surface area contributed by atoms with Crippen molar-refractivity contribution >= 4 is 45.4 Å². The minimum absolute atomic E-state index is 0.0919. The number of rotatable bonds is 2. The third-order valence-electron chi connectivity index (χ3n) is 4.81. The highest BCUT2D eigenvalue weighted by molar-refractivity contribution is 6.28. The van der Waals surface area contributed by atoms with Gasteiger partial charge in [0.1, 0.15) is 11.2 Å². The number of aromatic nitrogens is 4. The average Bonchev–Trinajstić information content (AvgIpc) is 2.98. The number of nitrogens with zero attached hydrogens (tertiary/aromatic N) is 5. The van der Waals surface area contributed by atoms with Gasteiger partial charge in [0.05, 0.1) is 11.0 Å². The van der Waals surface area contributed by atoms with Crippen LogP contribution in [0.1, 0.15) is 19.4 Å². The Bertz CT molecular complexity index is 1270. The summed E-state index contributed by atoms with van der Waals surface area (Å²) in [5.41, 5.74) is 3.64. The number of fused-ring (bicyclic) bond motifs is 5. The van der Waals surface area contributed by atoms with Crippen LogP contribution in [0.25, 0.3) is 27.6 Å². The zero-order valence-electron chi connectivity index (χ0n) is 15.0. The van der Waals surface area contributed by atoms with Gasteiger partial charge < -0.3 is 4.57 Å². The second-order valence-corrected chi connectivity index (χ2v) is 7.30. The highest BCUT2D eigenvalue weighted by Crippen LogP contribution is 2.27. The van der Waals surface area contributed by atoms with Crippen molar-refractivity contribution in [3.05, 3.63) is 51.7 Å². The molecule has 0 fully saturated rings. The molecule has 0 radical (unpaired) electrons. The molecule has 0 amide bonds. The molecule has 0 atom stereocenters. The Morgan fingerprint density at radius 3 is 2.69 bits per heavy atom. The van der Waals surface area contributed by atoms with E-state index in [1.807, 2.05) is 22.7 Å². The first kappa shape index (κ1) is 16.7. The smallest absolute Gasteiger partial charge is 0.275 e. The van der Waals surface area contributed by atoms with Crippen LogP contribution in [0.5, 0.6) is 0 Å². The Morgan fingerprint density at radius 1 is 1.19 bits per heavy atom. The van der Waals surface area contributed by atoms with E-state index < -0.39 is 0 Å². The number of aryl methyl sites for hydroxylation is 1. The molecular formula is C19H18ClN5O. The molecule has 0 bridgehead atoms. The normalized spacial score (nSPS) is 12.8. The Morgan fingerprint density at radius 2 is 1.96 bits per heavy atom. The topological polar surface area (TPSA) is 64.5 Å². The molecule has 0 spiro atoms. The lowest BCUT2D eigenvalue weighted by Crippen LogP contribution is -2.22. The lowest BCUT2D eigenvalue weighted by atomic mass is 9.85. The summed E-state index contributed by atoms with van der Waals surface area (Å²) >= 11 is 5.98. The summed E-state index contributed by atoms with van der Waals surface area (Å²) in [7, 11) is 3.54. The molecule has 132 valence electrons. The Hall–Kier alpha value is -2.73. The molecule has 0 aliphatic heterocycles. The molecule has 0 aliphatic carbocycles. The van der Waals surface area contributed by atoms with Crippen molar-refractivity contribution < 1.29 is 0 Å². The van der Waals surface area contributed by atoms with Crippen molar-refractivity contribution in [1.29, 1.82) is 0 Å². The van der Waals surface area contributed by atoms with Crippen LogP contribution in [0, 0.1) is 0 Å². The summed E-state index contributed by atoms with van der Waals surface area (Å²) in [4.78, 5) is 25.4. The largest absolute Gasteiger partial charge is 0.308 e. The quantitative estimate of drug-likeness (QED) is 0.403. The molecule has 0 aliphatic rings. The highest BCUT2D eigenvalue weighted by Gasteiger charge is 2.20.